The molecule has 2 unspecified atom stereocenters. The predicted molar refractivity (Wildman–Crippen MR) is 84.2 cm³/mol. The number of pyridine rings is 1. The molecule has 1 aromatic rings. The number of rotatable bonds is 2. The van der Waals surface area contributed by atoms with E-state index in [1.807, 2.05) is 20.8 Å². The highest BCUT2D eigenvalue weighted by Gasteiger charge is 2.60. The van der Waals surface area contributed by atoms with Crippen molar-refractivity contribution in [1.82, 2.24) is 10.3 Å². The Hall–Kier alpha value is -2.24. The first-order valence-electron chi connectivity index (χ1n) is 7.75. The Kier molecular flexibility index (Phi) is 3.32. The number of hydrogen-bond acceptors (Lipinski definition) is 4. The topological polar surface area (TPSA) is 88.2 Å². The minimum atomic E-state index is -0.799. The lowest BCUT2D eigenvalue weighted by atomic mass is 9.52. The van der Waals surface area contributed by atoms with Gasteiger partial charge in [-0.25, -0.2) is 4.98 Å². The molecule has 2 fully saturated rings. The maximum Gasteiger partial charge on any atom is 0.232 e. The maximum absolute atomic E-state index is 12.8. The maximum atomic E-state index is 12.8. The van der Waals surface area contributed by atoms with Crippen LogP contribution in [0.25, 0.3) is 0 Å². The SMILES string of the molecule is CC12CC(C)(CC(C)(C(=O)Nc3ccccn3)C1)C(=O)NC2=O. The molecule has 3 rings (SSSR count). The number of imide groups is 1. The van der Waals surface area contributed by atoms with E-state index >= 15 is 0 Å². The third-order valence-corrected chi connectivity index (χ3v) is 5.12. The van der Waals surface area contributed by atoms with Gasteiger partial charge in [0.1, 0.15) is 5.82 Å². The molecule has 2 heterocycles. The Morgan fingerprint density at radius 2 is 1.70 bits per heavy atom. The van der Waals surface area contributed by atoms with Gasteiger partial charge >= 0.3 is 0 Å². The zero-order valence-corrected chi connectivity index (χ0v) is 13.6. The summed E-state index contributed by atoms with van der Waals surface area (Å²) in [6.07, 6.45) is 2.91. The van der Waals surface area contributed by atoms with Crippen molar-refractivity contribution in [2.24, 2.45) is 16.2 Å². The molecule has 1 saturated heterocycles. The first-order chi connectivity index (χ1) is 10.7. The highest BCUT2D eigenvalue weighted by Crippen LogP contribution is 2.56. The molecule has 23 heavy (non-hydrogen) atoms. The molecule has 122 valence electrons. The number of carbonyl (C=O) groups excluding carboxylic acids is 3. The third kappa shape index (κ3) is 2.52. The first-order valence-corrected chi connectivity index (χ1v) is 7.75. The van der Waals surface area contributed by atoms with E-state index in [2.05, 4.69) is 15.6 Å². The van der Waals surface area contributed by atoms with Crippen molar-refractivity contribution < 1.29 is 14.4 Å². The van der Waals surface area contributed by atoms with Gasteiger partial charge in [-0.05, 0) is 31.4 Å². The van der Waals surface area contributed by atoms with Crippen LogP contribution in [-0.2, 0) is 14.4 Å². The second-order valence-electron chi connectivity index (χ2n) is 7.66. The predicted octanol–water partition coefficient (Wildman–Crippen LogP) is 1.88. The highest BCUT2D eigenvalue weighted by molar-refractivity contribution is 6.05. The second kappa shape index (κ2) is 4.88. The van der Waals surface area contributed by atoms with Crippen LogP contribution >= 0.6 is 0 Å². The van der Waals surface area contributed by atoms with Crippen molar-refractivity contribution in [3.8, 4) is 0 Å². The van der Waals surface area contributed by atoms with Gasteiger partial charge in [0.25, 0.3) is 0 Å². The molecule has 2 atom stereocenters. The molecule has 2 aliphatic rings. The first kappa shape index (κ1) is 15.6. The van der Waals surface area contributed by atoms with Gasteiger partial charge in [-0.15, -0.1) is 0 Å². The normalized spacial score (nSPS) is 36.3. The van der Waals surface area contributed by atoms with Gasteiger partial charge in [-0.3, -0.25) is 19.7 Å². The van der Waals surface area contributed by atoms with E-state index < -0.39 is 16.2 Å². The van der Waals surface area contributed by atoms with E-state index in [-0.39, 0.29) is 17.7 Å². The number of piperidine rings is 1. The molecular weight excluding hydrogens is 294 g/mol. The largest absolute Gasteiger partial charge is 0.310 e. The Bertz CT molecular complexity index is 660. The number of nitrogens with one attached hydrogen (secondary N) is 2. The number of amides is 3. The van der Waals surface area contributed by atoms with Crippen LogP contribution in [0.1, 0.15) is 40.0 Å². The van der Waals surface area contributed by atoms with Crippen LogP contribution in [0.15, 0.2) is 24.4 Å². The number of anilines is 1. The molecule has 6 heteroatoms. The van der Waals surface area contributed by atoms with E-state index in [1.165, 1.54) is 0 Å². The molecule has 1 saturated carbocycles. The Morgan fingerprint density at radius 1 is 1.09 bits per heavy atom. The van der Waals surface area contributed by atoms with E-state index in [0.29, 0.717) is 25.1 Å². The Balaban J connectivity index is 1.91. The lowest BCUT2D eigenvalue weighted by Gasteiger charge is -2.53. The summed E-state index contributed by atoms with van der Waals surface area (Å²) in [6.45, 7) is 5.49. The van der Waals surface area contributed by atoms with Crippen molar-refractivity contribution in [3.05, 3.63) is 24.4 Å². The summed E-state index contributed by atoms with van der Waals surface area (Å²) < 4.78 is 0. The molecule has 0 radical (unpaired) electrons. The van der Waals surface area contributed by atoms with Gasteiger partial charge in [0.2, 0.25) is 17.7 Å². The molecule has 0 spiro atoms. The van der Waals surface area contributed by atoms with Gasteiger partial charge < -0.3 is 5.32 Å². The molecule has 1 aromatic heterocycles. The molecule has 2 N–H and O–H groups in total. The molecule has 3 amide bonds. The summed E-state index contributed by atoms with van der Waals surface area (Å²) in [7, 11) is 0. The van der Waals surface area contributed by atoms with Crippen molar-refractivity contribution in [2.75, 3.05) is 5.32 Å². The van der Waals surface area contributed by atoms with Gasteiger partial charge in [-0.1, -0.05) is 26.8 Å². The van der Waals surface area contributed by atoms with Crippen molar-refractivity contribution in [1.29, 1.82) is 0 Å². The van der Waals surface area contributed by atoms with Crippen LogP contribution in [0.5, 0.6) is 0 Å². The fraction of sp³-hybridized carbons (Fsp3) is 0.529. The molecule has 0 aromatic carbocycles. The van der Waals surface area contributed by atoms with Gasteiger partial charge in [0.05, 0.1) is 0 Å². The van der Waals surface area contributed by atoms with Gasteiger partial charge in [-0.2, -0.15) is 0 Å². The monoisotopic (exact) mass is 315 g/mol. The molecule has 1 aliphatic carbocycles. The van der Waals surface area contributed by atoms with Crippen LogP contribution in [-0.4, -0.2) is 22.7 Å². The molecule has 2 bridgehead atoms. The summed E-state index contributed by atoms with van der Waals surface area (Å²) in [5.41, 5.74) is -2.22. The smallest absolute Gasteiger partial charge is 0.232 e. The summed E-state index contributed by atoms with van der Waals surface area (Å²) in [4.78, 5) is 41.5. The molecule has 6 nitrogen and oxygen atoms in total. The summed E-state index contributed by atoms with van der Waals surface area (Å²) in [6, 6.07) is 5.28. The number of carbonyl (C=O) groups is 3. The van der Waals surface area contributed by atoms with E-state index in [1.54, 1.807) is 24.4 Å². The minimum Gasteiger partial charge on any atom is -0.310 e. The van der Waals surface area contributed by atoms with E-state index in [0.717, 1.165) is 0 Å². The van der Waals surface area contributed by atoms with Crippen molar-refractivity contribution in [3.63, 3.8) is 0 Å². The standard InChI is InChI=1S/C17H21N3O3/c1-15(12(21)19-11-6-4-5-7-18-11)8-16(2)10-17(3,9-15)14(23)20-13(16)22/h4-7H,8-10H2,1-3H3,(H,18,19,21)(H,20,22,23). The van der Waals surface area contributed by atoms with Crippen LogP contribution in [0.4, 0.5) is 5.82 Å². The average molecular weight is 315 g/mol. The minimum absolute atomic E-state index is 0.198. The summed E-state index contributed by atoms with van der Waals surface area (Å²) in [5.74, 6) is -0.288. The number of fused-ring (bicyclic) bond motifs is 2. The fourth-order valence-corrected chi connectivity index (χ4v) is 4.36. The zero-order valence-electron chi connectivity index (χ0n) is 13.6. The van der Waals surface area contributed by atoms with Gasteiger partial charge in [0, 0.05) is 22.4 Å². The van der Waals surface area contributed by atoms with Crippen LogP contribution in [0.2, 0.25) is 0 Å². The quantitative estimate of drug-likeness (QED) is 0.816. The number of aromatic nitrogens is 1. The highest BCUT2D eigenvalue weighted by atomic mass is 16.2. The summed E-state index contributed by atoms with van der Waals surface area (Å²) in [5, 5.41) is 5.28. The van der Waals surface area contributed by atoms with Crippen LogP contribution in [0, 0.1) is 16.2 Å². The Labute approximate surface area is 135 Å². The van der Waals surface area contributed by atoms with Gasteiger partial charge in [0.15, 0.2) is 0 Å². The fourth-order valence-electron chi connectivity index (χ4n) is 4.36. The molecular formula is C17H21N3O3. The zero-order chi connectivity index (χ0) is 16.9. The Morgan fingerprint density at radius 3 is 2.22 bits per heavy atom. The van der Waals surface area contributed by atoms with Crippen LogP contribution in [0.3, 0.4) is 0 Å². The lowest BCUT2D eigenvalue weighted by molar-refractivity contribution is -0.163. The third-order valence-electron chi connectivity index (χ3n) is 5.12. The number of nitrogens with zero attached hydrogens (tertiary/aromatic N) is 1. The number of hydrogen-bond donors (Lipinski definition) is 2. The summed E-state index contributed by atoms with van der Waals surface area (Å²) >= 11 is 0. The second-order valence-corrected chi connectivity index (χ2v) is 7.66. The van der Waals surface area contributed by atoms with Crippen molar-refractivity contribution >= 4 is 23.5 Å². The van der Waals surface area contributed by atoms with Crippen LogP contribution < -0.4 is 10.6 Å². The average Bonchev–Trinajstić information content (AvgIpc) is 2.45. The lowest BCUT2D eigenvalue weighted by Crippen LogP contribution is -2.63. The molecule has 1 aliphatic heterocycles. The van der Waals surface area contributed by atoms with E-state index in [9.17, 15) is 14.4 Å². The van der Waals surface area contributed by atoms with E-state index in [4.69, 9.17) is 0 Å². The van der Waals surface area contributed by atoms with Crippen molar-refractivity contribution in [2.45, 2.75) is 40.0 Å².